The predicted molar refractivity (Wildman–Crippen MR) is 80.8 cm³/mol. The van der Waals surface area contributed by atoms with Crippen molar-refractivity contribution in [2.45, 2.75) is 37.5 Å². The van der Waals surface area contributed by atoms with Crippen molar-refractivity contribution in [1.29, 1.82) is 0 Å². The van der Waals surface area contributed by atoms with E-state index in [4.69, 9.17) is 0 Å². The van der Waals surface area contributed by atoms with Gasteiger partial charge in [-0.2, -0.15) is 11.8 Å². The van der Waals surface area contributed by atoms with Gasteiger partial charge in [0.25, 0.3) is 5.91 Å². The molecule has 0 radical (unpaired) electrons. The Labute approximate surface area is 118 Å². The van der Waals surface area contributed by atoms with Gasteiger partial charge in [-0.1, -0.05) is 6.42 Å². The number of nitrogens with zero attached hydrogens (tertiary/aromatic N) is 1. The van der Waals surface area contributed by atoms with E-state index in [2.05, 4.69) is 21.9 Å². The smallest absolute Gasteiger partial charge is 0.255 e. The van der Waals surface area contributed by atoms with Crippen LogP contribution >= 0.6 is 11.8 Å². The van der Waals surface area contributed by atoms with Crippen LogP contribution in [-0.2, 0) is 0 Å². The van der Waals surface area contributed by atoms with E-state index in [-0.39, 0.29) is 11.9 Å². The summed E-state index contributed by atoms with van der Waals surface area (Å²) in [5.41, 5.74) is 1.49. The maximum Gasteiger partial charge on any atom is 0.255 e. The van der Waals surface area contributed by atoms with E-state index in [1.807, 2.05) is 24.8 Å². The van der Waals surface area contributed by atoms with Crippen LogP contribution in [0.2, 0.25) is 0 Å². The van der Waals surface area contributed by atoms with Crippen LogP contribution in [0.15, 0.2) is 18.5 Å². The molecule has 2 N–H and O–H groups in total. The third-order valence-electron chi connectivity index (χ3n) is 3.50. The highest BCUT2D eigenvalue weighted by Crippen LogP contribution is 2.28. The maximum absolute atomic E-state index is 12.4. The zero-order valence-electron chi connectivity index (χ0n) is 11.5. The molecule has 1 saturated carbocycles. The first-order chi connectivity index (χ1) is 9.26. The number of hydrogen-bond acceptors (Lipinski definition) is 4. The van der Waals surface area contributed by atoms with Gasteiger partial charge in [0.05, 0.1) is 11.3 Å². The van der Waals surface area contributed by atoms with Gasteiger partial charge < -0.3 is 10.6 Å². The van der Waals surface area contributed by atoms with Gasteiger partial charge >= 0.3 is 0 Å². The molecular formula is C14H21N3OS. The highest BCUT2D eigenvalue weighted by atomic mass is 32.2. The fraction of sp³-hybridized carbons (Fsp3) is 0.571. The topological polar surface area (TPSA) is 54.0 Å². The maximum atomic E-state index is 12.4. The van der Waals surface area contributed by atoms with Crippen molar-refractivity contribution in [3.63, 3.8) is 0 Å². The van der Waals surface area contributed by atoms with E-state index >= 15 is 0 Å². The molecule has 0 bridgehead atoms. The Balaban J connectivity index is 2.07. The Kier molecular flexibility index (Phi) is 5.07. The lowest BCUT2D eigenvalue weighted by Gasteiger charge is -2.20. The van der Waals surface area contributed by atoms with Crippen LogP contribution < -0.4 is 10.6 Å². The third kappa shape index (κ3) is 3.41. The lowest BCUT2D eigenvalue weighted by Crippen LogP contribution is -2.38. The van der Waals surface area contributed by atoms with E-state index < -0.39 is 0 Å². The summed E-state index contributed by atoms with van der Waals surface area (Å²) in [7, 11) is 0. The number of hydrogen-bond donors (Lipinski definition) is 2. The van der Waals surface area contributed by atoms with Gasteiger partial charge in [0.15, 0.2) is 0 Å². The molecule has 5 heteroatoms. The molecule has 1 aliphatic carbocycles. The molecule has 2 unspecified atom stereocenters. The van der Waals surface area contributed by atoms with Crippen LogP contribution in [-0.4, -0.2) is 35.0 Å². The molecule has 2 atom stereocenters. The Morgan fingerprint density at radius 2 is 2.37 bits per heavy atom. The summed E-state index contributed by atoms with van der Waals surface area (Å²) >= 11 is 1.85. The molecule has 4 nitrogen and oxygen atoms in total. The minimum atomic E-state index is -0.0185. The molecule has 19 heavy (non-hydrogen) atoms. The van der Waals surface area contributed by atoms with Gasteiger partial charge in [-0.05, 0) is 32.1 Å². The summed E-state index contributed by atoms with van der Waals surface area (Å²) in [6.45, 7) is 2.81. The second-order valence-electron chi connectivity index (χ2n) is 4.74. The van der Waals surface area contributed by atoms with E-state index in [1.54, 1.807) is 12.4 Å². The number of nitrogens with one attached hydrogen (secondary N) is 2. The average Bonchev–Trinajstić information content (AvgIpc) is 2.87. The summed E-state index contributed by atoms with van der Waals surface area (Å²) in [6, 6.07) is 2.14. The molecule has 104 valence electrons. The van der Waals surface area contributed by atoms with Crippen LogP contribution in [0.4, 0.5) is 5.69 Å². The number of aromatic nitrogens is 1. The number of carbonyl (C=O) groups is 1. The van der Waals surface area contributed by atoms with Crippen LogP contribution in [0.1, 0.15) is 36.5 Å². The fourth-order valence-corrected chi connectivity index (χ4v) is 3.47. The molecule has 1 aliphatic rings. The van der Waals surface area contributed by atoms with Gasteiger partial charge in [0.2, 0.25) is 0 Å². The Morgan fingerprint density at radius 1 is 1.53 bits per heavy atom. The zero-order chi connectivity index (χ0) is 13.7. The van der Waals surface area contributed by atoms with E-state index in [1.165, 1.54) is 12.8 Å². The molecular weight excluding hydrogens is 258 g/mol. The number of thioether (sulfide) groups is 1. The van der Waals surface area contributed by atoms with Crippen molar-refractivity contribution in [2.75, 3.05) is 18.1 Å². The molecule has 0 aliphatic heterocycles. The van der Waals surface area contributed by atoms with Gasteiger partial charge in [-0.3, -0.25) is 9.78 Å². The van der Waals surface area contributed by atoms with Gasteiger partial charge in [-0.15, -0.1) is 0 Å². The van der Waals surface area contributed by atoms with Gasteiger partial charge in [-0.25, -0.2) is 0 Å². The van der Waals surface area contributed by atoms with Crippen molar-refractivity contribution in [3.05, 3.63) is 24.0 Å². The number of anilines is 1. The number of rotatable bonds is 5. The summed E-state index contributed by atoms with van der Waals surface area (Å²) in [5.74, 6) is -0.0185. The first-order valence-electron chi connectivity index (χ1n) is 6.77. The third-order valence-corrected chi connectivity index (χ3v) is 4.67. The molecule has 1 amide bonds. The second-order valence-corrected chi connectivity index (χ2v) is 5.81. The lowest BCUT2D eigenvalue weighted by molar-refractivity contribution is 0.0939. The Hall–Kier alpha value is -1.23. The van der Waals surface area contributed by atoms with E-state index in [0.717, 1.165) is 18.7 Å². The predicted octanol–water partition coefficient (Wildman–Crippen LogP) is 2.53. The quantitative estimate of drug-likeness (QED) is 0.869. The minimum Gasteiger partial charge on any atom is -0.385 e. The van der Waals surface area contributed by atoms with E-state index in [9.17, 15) is 4.79 Å². The summed E-state index contributed by atoms with van der Waals surface area (Å²) < 4.78 is 0. The molecule has 1 aromatic heterocycles. The number of carbonyl (C=O) groups excluding carboxylic acids is 1. The molecule has 0 spiro atoms. The van der Waals surface area contributed by atoms with Crippen LogP contribution in [0, 0.1) is 0 Å². The average molecular weight is 279 g/mol. The molecule has 0 aromatic carbocycles. The normalized spacial score (nSPS) is 22.2. The van der Waals surface area contributed by atoms with Gasteiger partial charge in [0.1, 0.15) is 0 Å². The standard InChI is InChI=1S/C14H21N3OS/c1-3-16-11-7-8-15-9-10(11)14(18)17-12-5-4-6-13(12)19-2/h7-9,12-13H,3-6H2,1-2H3,(H,15,16)(H,17,18). The summed E-state index contributed by atoms with van der Waals surface area (Å²) in [5, 5.41) is 6.90. The van der Waals surface area contributed by atoms with Crippen molar-refractivity contribution in [3.8, 4) is 0 Å². The largest absolute Gasteiger partial charge is 0.385 e. The molecule has 2 rings (SSSR count). The van der Waals surface area contributed by atoms with Crippen LogP contribution in [0.5, 0.6) is 0 Å². The fourth-order valence-electron chi connectivity index (χ4n) is 2.54. The molecule has 1 heterocycles. The number of pyridine rings is 1. The molecule has 1 fully saturated rings. The van der Waals surface area contributed by atoms with Crippen molar-refractivity contribution < 1.29 is 4.79 Å². The van der Waals surface area contributed by atoms with Crippen molar-refractivity contribution in [1.82, 2.24) is 10.3 Å². The lowest BCUT2D eigenvalue weighted by atomic mass is 10.2. The van der Waals surface area contributed by atoms with Crippen molar-refractivity contribution >= 4 is 23.4 Å². The Bertz CT molecular complexity index is 438. The molecule has 1 aromatic rings. The summed E-state index contributed by atoms with van der Waals surface area (Å²) in [4.78, 5) is 16.4. The van der Waals surface area contributed by atoms with Crippen LogP contribution in [0.25, 0.3) is 0 Å². The molecule has 0 saturated heterocycles. The first-order valence-corrected chi connectivity index (χ1v) is 8.06. The monoisotopic (exact) mass is 279 g/mol. The van der Waals surface area contributed by atoms with Crippen LogP contribution in [0.3, 0.4) is 0 Å². The highest BCUT2D eigenvalue weighted by Gasteiger charge is 2.28. The SMILES string of the molecule is CCNc1ccncc1C(=O)NC1CCCC1SC. The van der Waals surface area contributed by atoms with E-state index in [0.29, 0.717) is 10.8 Å². The van der Waals surface area contributed by atoms with Gasteiger partial charge in [0, 0.05) is 30.2 Å². The zero-order valence-corrected chi connectivity index (χ0v) is 12.3. The minimum absolute atomic E-state index is 0.0185. The highest BCUT2D eigenvalue weighted by molar-refractivity contribution is 7.99. The number of amides is 1. The summed E-state index contributed by atoms with van der Waals surface area (Å²) in [6.07, 6.45) is 8.92. The van der Waals surface area contributed by atoms with Crippen molar-refractivity contribution in [2.24, 2.45) is 0 Å². The second kappa shape index (κ2) is 6.80. The Morgan fingerprint density at radius 3 is 3.11 bits per heavy atom. The first kappa shape index (κ1) is 14.2.